The molecule has 0 aromatic heterocycles. The van der Waals surface area contributed by atoms with E-state index in [4.69, 9.17) is 5.73 Å². The fraction of sp³-hybridized carbons (Fsp3) is 0.143. The van der Waals surface area contributed by atoms with Gasteiger partial charge in [-0.3, -0.25) is 0 Å². The molecule has 68 valence electrons. The van der Waals surface area contributed by atoms with Crippen LogP contribution in [0.25, 0.3) is 0 Å². The fourth-order valence-corrected chi connectivity index (χ4v) is 0.672. The van der Waals surface area contributed by atoms with Gasteiger partial charge in [-0.15, -0.1) is 24.0 Å². The van der Waals surface area contributed by atoms with Crippen LogP contribution in [0.4, 0.5) is 18.9 Å². The number of nitrogens with two attached hydrogens (primary N) is 1. The van der Waals surface area contributed by atoms with E-state index in [1.807, 2.05) is 0 Å². The van der Waals surface area contributed by atoms with Crippen LogP contribution in [0.3, 0.4) is 0 Å². The number of nitrogen functional groups attached to an aromatic ring is 1. The molecule has 0 unspecified atom stereocenters. The van der Waals surface area contributed by atoms with Crippen LogP contribution in [-0.4, -0.2) is 0 Å². The van der Waals surface area contributed by atoms with Gasteiger partial charge in [0.2, 0.25) is 0 Å². The van der Waals surface area contributed by atoms with Crippen molar-refractivity contribution >= 4 is 29.7 Å². The molecule has 1 aromatic carbocycles. The Labute approximate surface area is 84.8 Å². The smallest absolute Gasteiger partial charge is 0.399 e. The zero-order valence-electron chi connectivity index (χ0n) is 5.93. The van der Waals surface area contributed by atoms with Crippen molar-refractivity contribution in [2.75, 3.05) is 5.73 Å². The van der Waals surface area contributed by atoms with Gasteiger partial charge in [-0.25, -0.2) is 0 Å². The lowest BCUT2D eigenvalue weighted by atomic mass is 10.2. The summed E-state index contributed by atoms with van der Waals surface area (Å²) in [5.74, 6) is 0. The van der Waals surface area contributed by atoms with Gasteiger partial charge in [0.25, 0.3) is 0 Å². The van der Waals surface area contributed by atoms with E-state index in [0.717, 1.165) is 12.1 Å². The summed E-state index contributed by atoms with van der Waals surface area (Å²) in [5, 5.41) is 0. The highest BCUT2D eigenvalue weighted by molar-refractivity contribution is 14.0. The molecule has 0 bridgehead atoms. The Balaban J connectivity index is 0.00000121. The lowest BCUT2D eigenvalue weighted by molar-refractivity contribution is -0.137. The average Bonchev–Trinajstić information content (AvgIpc) is 1.86. The fourth-order valence-electron chi connectivity index (χ4n) is 0.672. The van der Waals surface area contributed by atoms with Crippen molar-refractivity contribution in [2.24, 2.45) is 0 Å². The molecule has 1 aromatic rings. The molecule has 0 aliphatic heterocycles. The zero-order chi connectivity index (χ0) is 8.48. The van der Waals surface area contributed by atoms with Gasteiger partial charge in [0.15, 0.2) is 0 Å². The first-order valence-corrected chi connectivity index (χ1v) is 2.93. The van der Waals surface area contributed by atoms with Gasteiger partial charge in [-0.1, -0.05) is 0 Å². The molecule has 0 atom stereocenters. The number of halogens is 4. The largest absolute Gasteiger partial charge is 0.416 e. The van der Waals surface area contributed by atoms with Gasteiger partial charge in [0.1, 0.15) is 0 Å². The van der Waals surface area contributed by atoms with Crippen LogP contribution in [0, 0.1) is 0 Å². The third-order valence-electron chi connectivity index (χ3n) is 1.24. The summed E-state index contributed by atoms with van der Waals surface area (Å²) < 4.78 is 35.6. The van der Waals surface area contributed by atoms with E-state index in [-0.39, 0.29) is 24.0 Å². The predicted molar refractivity (Wildman–Crippen MR) is 51.3 cm³/mol. The first-order valence-electron chi connectivity index (χ1n) is 2.93. The Morgan fingerprint density at radius 3 is 1.75 bits per heavy atom. The standard InChI is InChI=1S/C7H6F3N.HI/c8-7(9,10)5-1-3-6(11)4-2-5;/h1-4H,11H2;1H. The minimum absolute atomic E-state index is 0. The van der Waals surface area contributed by atoms with E-state index in [2.05, 4.69) is 0 Å². The summed E-state index contributed by atoms with van der Waals surface area (Å²) in [4.78, 5) is 0. The summed E-state index contributed by atoms with van der Waals surface area (Å²) >= 11 is 0. The number of benzene rings is 1. The molecule has 0 radical (unpaired) electrons. The number of alkyl halides is 3. The van der Waals surface area contributed by atoms with Crippen LogP contribution in [0.2, 0.25) is 0 Å². The maximum Gasteiger partial charge on any atom is 0.416 e. The van der Waals surface area contributed by atoms with E-state index in [1.165, 1.54) is 12.1 Å². The summed E-state index contributed by atoms with van der Waals surface area (Å²) in [7, 11) is 0. The molecule has 0 aliphatic carbocycles. The van der Waals surface area contributed by atoms with E-state index < -0.39 is 11.7 Å². The molecule has 0 spiro atoms. The normalized spacial score (nSPS) is 10.6. The second-order valence-electron chi connectivity index (χ2n) is 2.12. The molecule has 1 nitrogen and oxygen atoms in total. The van der Waals surface area contributed by atoms with Crippen LogP contribution >= 0.6 is 24.0 Å². The lowest BCUT2D eigenvalue weighted by Gasteiger charge is -2.05. The van der Waals surface area contributed by atoms with E-state index in [9.17, 15) is 13.2 Å². The number of rotatable bonds is 0. The Kier molecular flexibility index (Phi) is 3.82. The monoisotopic (exact) mass is 289 g/mol. The predicted octanol–water partition coefficient (Wildman–Crippen LogP) is 2.91. The first kappa shape index (κ1) is 11.5. The van der Waals surface area contributed by atoms with Crippen molar-refractivity contribution in [1.82, 2.24) is 0 Å². The van der Waals surface area contributed by atoms with Crippen molar-refractivity contribution in [3.8, 4) is 0 Å². The van der Waals surface area contributed by atoms with Crippen LogP contribution in [0.1, 0.15) is 5.56 Å². The molecule has 5 heteroatoms. The summed E-state index contributed by atoms with van der Waals surface area (Å²) in [6, 6.07) is 4.36. The highest BCUT2D eigenvalue weighted by Crippen LogP contribution is 2.29. The van der Waals surface area contributed by atoms with E-state index in [1.54, 1.807) is 0 Å². The van der Waals surface area contributed by atoms with E-state index in [0.29, 0.717) is 5.69 Å². The minimum atomic E-state index is -4.27. The molecule has 0 saturated carbocycles. The zero-order valence-corrected chi connectivity index (χ0v) is 8.26. The highest BCUT2D eigenvalue weighted by atomic mass is 127. The van der Waals surface area contributed by atoms with Gasteiger partial charge < -0.3 is 5.73 Å². The average molecular weight is 289 g/mol. The van der Waals surface area contributed by atoms with Crippen molar-refractivity contribution < 1.29 is 13.2 Å². The van der Waals surface area contributed by atoms with Crippen LogP contribution in [-0.2, 0) is 6.18 Å². The summed E-state index contributed by atoms with van der Waals surface area (Å²) in [5.41, 5.74) is 4.86. The van der Waals surface area contributed by atoms with Gasteiger partial charge in [-0.2, -0.15) is 13.2 Å². The molecular formula is C7H7F3IN. The minimum Gasteiger partial charge on any atom is -0.399 e. The first-order chi connectivity index (χ1) is 5.00. The Morgan fingerprint density at radius 1 is 1.00 bits per heavy atom. The number of anilines is 1. The summed E-state index contributed by atoms with van der Waals surface area (Å²) in [6.07, 6.45) is -4.27. The van der Waals surface area contributed by atoms with E-state index >= 15 is 0 Å². The van der Waals surface area contributed by atoms with Crippen LogP contribution in [0.5, 0.6) is 0 Å². The van der Waals surface area contributed by atoms with Crippen molar-refractivity contribution in [1.29, 1.82) is 0 Å². The lowest BCUT2D eigenvalue weighted by Crippen LogP contribution is -2.04. The molecule has 0 heterocycles. The quantitative estimate of drug-likeness (QED) is 0.577. The Morgan fingerprint density at radius 2 is 1.42 bits per heavy atom. The maximum atomic E-state index is 11.9. The van der Waals surface area contributed by atoms with Gasteiger partial charge in [0, 0.05) is 5.69 Å². The molecular weight excluding hydrogens is 282 g/mol. The van der Waals surface area contributed by atoms with Crippen molar-refractivity contribution in [2.45, 2.75) is 6.18 Å². The second kappa shape index (κ2) is 3.97. The second-order valence-corrected chi connectivity index (χ2v) is 2.12. The maximum absolute atomic E-state index is 11.9. The van der Waals surface area contributed by atoms with Crippen LogP contribution in [0.15, 0.2) is 24.3 Å². The summed E-state index contributed by atoms with van der Waals surface area (Å²) in [6.45, 7) is 0. The third kappa shape index (κ3) is 2.88. The number of hydrogen-bond acceptors (Lipinski definition) is 1. The molecule has 12 heavy (non-hydrogen) atoms. The molecule has 0 aliphatic rings. The molecule has 0 amide bonds. The molecule has 1 rings (SSSR count). The van der Waals surface area contributed by atoms with Crippen molar-refractivity contribution in [3.05, 3.63) is 29.8 Å². The van der Waals surface area contributed by atoms with Gasteiger partial charge in [0.05, 0.1) is 5.56 Å². The Bertz CT molecular complexity index is 242. The van der Waals surface area contributed by atoms with Gasteiger partial charge >= 0.3 is 6.18 Å². The molecule has 0 fully saturated rings. The molecule has 2 N–H and O–H groups in total. The van der Waals surface area contributed by atoms with Crippen LogP contribution < -0.4 is 5.73 Å². The van der Waals surface area contributed by atoms with Gasteiger partial charge in [-0.05, 0) is 24.3 Å². The highest BCUT2D eigenvalue weighted by Gasteiger charge is 2.29. The van der Waals surface area contributed by atoms with Crippen molar-refractivity contribution in [3.63, 3.8) is 0 Å². The third-order valence-corrected chi connectivity index (χ3v) is 1.24. The number of hydrogen-bond donors (Lipinski definition) is 1. The Hall–Kier alpha value is -0.460. The molecule has 0 saturated heterocycles. The topological polar surface area (TPSA) is 26.0 Å². The SMILES string of the molecule is I.Nc1ccc(C(F)(F)F)cc1.